The van der Waals surface area contributed by atoms with Gasteiger partial charge in [0, 0.05) is 22.5 Å². The second-order valence-electron chi connectivity index (χ2n) is 4.19. The van der Waals surface area contributed by atoms with E-state index in [1.165, 1.54) is 24.3 Å². The Morgan fingerprint density at radius 1 is 0.895 bits per heavy atom. The van der Waals surface area contributed by atoms with Crippen molar-refractivity contribution in [2.75, 3.05) is 11.5 Å². The molecule has 2 rings (SSSR count). The summed E-state index contributed by atoms with van der Waals surface area (Å²) in [7, 11) is 0. The number of carboxylic acids is 1. The third kappa shape index (κ3) is 2.00. The summed E-state index contributed by atoms with van der Waals surface area (Å²) in [4.78, 5) is 11.6. The fraction of sp³-hybridized carbons (Fsp3) is 0.0714. The third-order valence-corrected chi connectivity index (χ3v) is 3.01. The molecular weight excluding hydrogens is 244 g/mol. The zero-order valence-electron chi connectivity index (χ0n) is 10.1. The van der Waals surface area contributed by atoms with Crippen molar-refractivity contribution in [3.63, 3.8) is 0 Å². The van der Waals surface area contributed by atoms with Crippen LogP contribution in [0.25, 0.3) is 0 Å². The van der Waals surface area contributed by atoms with Gasteiger partial charge in [-0.1, -0.05) is 36.4 Å². The first-order valence-corrected chi connectivity index (χ1v) is 5.63. The minimum atomic E-state index is -2.27. The third-order valence-electron chi connectivity index (χ3n) is 3.01. The fourth-order valence-electron chi connectivity index (χ4n) is 2.03. The van der Waals surface area contributed by atoms with Crippen molar-refractivity contribution >= 4 is 17.3 Å². The molecule has 2 aromatic carbocycles. The Morgan fingerprint density at radius 2 is 1.26 bits per heavy atom. The van der Waals surface area contributed by atoms with Crippen LogP contribution in [0.2, 0.25) is 0 Å². The van der Waals surface area contributed by atoms with Crippen LogP contribution in [0.5, 0.6) is 0 Å². The highest BCUT2D eigenvalue weighted by Gasteiger charge is 2.42. The first-order valence-electron chi connectivity index (χ1n) is 5.63. The Balaban J connectivity index is 2.73. The maximum absolute atomic E-state index is 11.6. The fourth-order valence-corrected chi connectivity index (χ4v) is 2.03. The van der Waals surface area contributed by atoms with Crippen LogP contribution < -0.4 is 11.5 Å². The summed E-state index contributed by atoms with van der Waals surface area (Å²) >= 11 is 0. The van der Waals surface area contributed by atoms with Crippen LogP contribution in [0.4, 0.5) is 11.4 Å². The molecule has 0 heterocycles. The van der Waals surface area contributed by atoms with E-state index in [4.69, 9.17) is 11.5 Å². The van der Waals surface area contributed by atoms with E-state index in [2.05, 4.69) is 0 Å². The van der Waals surface area contributed by atoms with Crippen molar-refractivity contribution < 1.29 is 15.0 Å². The summed E-state index contributed by atoms with van der Waals surface area (Å²) in [5.74, 6) is -1.43. The van der Waals surface area contributed by atoms with Gasteiger partial charge in [0.25, 0.3) is 0 Å². The molecule has 0 aromatic heterocycles. The van der Waals surface area contributed by atoms with Gasteiger partial charge in [-0.2, -0.15) is 0 Å². The number of para-hydroxylation sites is 2. The van der Waals surface area contributed by atoms with Gasteiger partial charge in [-0.3, -0.25) is 0 Å². The number of nitrogen functional groups attached to an aromatic ring is 2. The number of hydrogen-bond acceptors (Lipinski definition) is 4. The number of carboxylic acid groups (broad SMARTS) is 1. The maximum Gasteiger partial charge on any atom is 0.345 e. The van der Waals surface area contributed by atoms with Gasteiger partial charge < -0.3 is 21.7 Å². The van der Waals surface area contributed by atoms with E-state index in [0.29, 0.717) is 0 Å². The topological polar surface area (TPSA) is 110 Å². The van der Waals surface area contributed by atoms with Crippen LogP contribution >= 0.6 is 0 Å². The zero-order chi connectivity index (χ0) is 14.0. The van der Waals surface area contributed by atoms with Crippen LogP contribution in [0.3, 0.4) is 0 Å². The SMILES string of the molecule is Nc1ccccc1C(O)(C(=O)O)c1ccccc1N. The van der Waals surface area contributed by atoms with Gasteiger partial charge in [0.15, 0.2) is 0 Å². The molecule has 0 aliphatic carbocycles. The molecule has 5 heteroatoms. The summed E-state index contributed by atoms with van der Waals surface area (Å²) < 4.78 is 0. The molecule has 0 saturated heterocycles. The Hall–Kier alpha value is -2.53. The first-order chi connectivity index (χ1) is 8.98. The summed E-state index contributed by atoms with van der Waals surface area (Å²) in [6.07, 6.45) is 0. The number of aliphatic hydroxyl groups is 1. The number of benzene rings is 2. The van der Waals surface area contributed by atoms with E-state index in [1.54, 1.807) is 24.3 Å². The molecule has 0 fully saturated rings. The highest BCUT2D eigenvalue weighted by molar-refractivity contribution is 5.87. The van der Waals surface area contributed by atoms with Gasteiger partial charge >= 0.3 is 5.97 Å². The molecule has 0 atom stereocenters. The molecule has 6 N–H and O–H groups in total. The lowest BCUT2D eigenvalue weighted by Crippen LogP contribution is -2.38. The van der Waals surface area contributed by atoms with Crippen LogP contribution in [-0.2, 0) is 10.4 Å². The number of aliphatic carboxylic acids is 1. The number of rotatable bonds is 3. The molecule has 0 saturated carbocycles. The highest BCUT2D eigenvalue weighted by atomic mass is 16.4. The molecule has 0 spiro atoms. The van der Waals surface area contributed by atoms with Crippen molar-refractivity contribution in [3.8, 4) is 0 Å². The second-order valence-corrected chi connectivity index (χ2v) is 4.19. The van der Waals surface area contributed by atoms with Crippen molar-refractivity contribution in [1.82, 2.24) is 0 Å². The van der Waals surface area contributed by atoms with Gasteiger partial charge in [0.1, 0.15) is 0 Å². The molecule has 0 unspecified atom stereocenters. The van der Waals surface area contributed by atoms with E-state index in [1.807, 2.05) is 0 Å². The normalized spacial score (nSPS) is 11.2. The monoisotopic (exact) mass is 258 g/mol. The molecule has 0 bridgehead atoms. The molecule has 0 aliphatic heterocycles. The smallest absolute Gasteiger partial charge is 0.345 e. The number of carbonyl (C=O) groups is 1. The van der Waals surface area contributed by atoms with Crippen molar-refractivity contribution in [2.24, 2.45) is 0 Å². The minimum absolute atomic E-state index is 0.0976. The molecular formula is C14H14N2O3. The molecule has 5 nitrogen and oxygen atoms in total. The average Bonchev–Trinajstić information content (AvgIpc) is 2.38. The van der Waals surface area contributed by atoms with Crippen LogP contribution in [0, 0.1) is 0 Å². The molecule has 0 radical (unpaired) electrons. The summed E-state index contributed by atoms with van der Waals surface area (Å²) in [5.41, 5.74) is 9.84. The minimum Gasteiger partial charge on any atom is -0.479 e. The lowest BCUT2D eigenvalue weighted by atomic mass is 9.84. The van der Waals surface area contributed by atoms with Gasteiger partial charge in [0.2, 0.25) is 5.60 Å². The van der Waals surface area contributed by atoms with E-state index in [9.17, 15) is 15.0 Å². The van der Waals surface area contributed by atoms with Crippen molar-refractivity contribution in [3.05, 3.63) is 59.7 Å². The quantitative estimate of drug-likeness (QED) is 0.618. The lowest BCUT2D eigenvalue weighted by Gasteiger charge is -2.26. The van der Waals surface area contributed by atoms with Crippen LogP contribution in [0.1, 0.15) is 11.1 Å². The molecule has 0 aliphatic rings. The largest absolute Gasteiger partial charge is 0.479 e. The zero-order valence-corrected chi connectivity index (χ0v) is 10.1. The Kier molecular flexibility index (Phi) is 3.14. The molecule has 98 valence electrons. The Morgan fingerprint density at radius 3 is 1.58 bits per heavy atom. The van der Waals surface area contributed by atoms with E-state index < -0.39 is 11.6 Å². The number of anilines is 2. The maximum atomic E-state index is 11.6. The van der Waals surface area contributed by atoms with Crippen molar-refractivity contribution in [1.29, 1.82) is 0 Å². The van der Waals surface area contributed by atoms with Gasteiger partial charge in [-0.15, -0.1) is 0 Å². The Labute approximate surface area is 110 Å². The number of hydrogen-bond donors (Lipinski definition) is 4. The van der Waals surface area contributed by atoms with Crippen LogP contribution in [-0.4, -0.2) is 16.2 Å². The standard InChI is InChI=1S/C14H14N2O3/c15-11-7-3-1-5-9(11)14(19,13(17)18)10-6-2-4-8-12(10)16/h1-8,19H,15-16H2,(H,17,18). The predicted molar refractivity (Wildman–Crippen MR) is 72.3 cm³/mol. The second kappa shape index (κ2) is 4.62. The van der Waals surface area contributed by atoms with Gasteiger partial charge in [0.05, 0.1) is 0 Å². The predicted octanol–water partition coefficient (Wildman–Crippen LogP) is 1.17. The van der Waals surface area contributed by atoms with Gasteiger partial charge in [-0.05, 0) is 12.1 Å². The van der Waals surface area contributed by atoms with Crippen molar-refractivity contribution in [2.45, 2.75) is 5.60 Å². The summed E-state index contributed by atoms with van der Waals surface area (Å²) in [6, 6.07) is 12.5. The van der Waals surface area contributed by atoms with Gasteiger partial charge in [-0.25, -0.2) is 4.79 Å². The first kappa shape index (κ1) is 12.9. The lowest BCUT2D eigenvalue weighted by molar-refractivity contribution is -0.154. The van der Waals surface area contributed by atoms with Crippen LogP contribution in [0.15, 0.2) is 48.5 Å². The van der Waals surface area contributed by atoms with E-state index in [0.717, 1.165) is 0 Å². The summed E-state index contributed by atoms with van der Waals surface area (Å²) in [5, 5.41) is 20.1. The Bertz CT molecular complexity index is 580. The highest BCUT2D eigenvalue weighted by Crippen LogP contribution is 2.36. The molecule has 19 heavy (non-hydrogen) atoms. The van der Waals surface area contributed by atoms with E-state index in [-0.39, 0.29) is 22.5 Å². The number of nitrogens with two attached hydrogens (primary N) is 2. The van der Waals surface area contributed by atoms with E-state index >= 15 is 0 Å². The average molecular weight is 258 g/mol. The molecule has 2 aromatic rings. The molecule has 0 amide bonds. The summed E-state index contributed by atoms with van der Waals surface area (Å²) in [6.45, 7) is 0.